The maximum Gasteiger partial charge on any atom is 0.294 e. The van der Waals surface area contributed by atoms with Gasteiger partial charge >= 0.3 is 0 Å². The highest BCUT2D eigenvalue weighted by molar-refractivity contribution is 8.18. The lowest BCUT2D eigenvalue weighted by atomic mass is 10.1. The molecular formula is C23H22F2N2O5S. The normalized spacial score (nSPS) is 14.8. The molecule has 3 rings (SSSR count). The largest absolute Gasteiger partial charge is 0.493 e. The highest BCUT2D eigenvalue weighted by Crippen LogP contribution is 2.34. The third kappa shape index (κ3) is 6.10. The molecule has 7 nitrogen and oxygen atoms in total. The van der Waals surface area contributed by atoms with Crippen LogP contribution in [0.5, 0.6) is 11.5 Å². The number of imide groups is 1. The monoisotopic (exact) mass is 476 g/mol. The molecule has 2 aromatic rings. The van der Waals surface area contributed by atoms with Gasteiger partial charge in [-0.1, -0.05) is 19.9 Å². The molecule has 1 saturated heterocycles. The standard InChI is InChI=1S/C23H22F2N2O5S/c1-13(2)12-32-18-7-4-14(8-19(18)31-3)9-20-22(29)27(23(30)33-20)11-21(28)26-17-6-5-15(24)10-16(17)25/h4-10,13H,11-12H2,1-3H3,(H,26,28)/b20-9-. The average molecular weight is 477 g/mol. The predicted molar refractivity (Wildman–Crippen MR) is 121 cm³/mol. The smallest absolute Gasteiger partial charge is 0.294 e. The summed E-state index contributed by atoms with van der Waals surface area (Å²) in [6, 6.07) is 7.75. The number of halogens is 2. The second-order valence-electron chi connectivity index (χ2n) is 7.56. The number of thioether (sulfide) groups is 1. The molecule has 1 fully saturated rings. The topological polar surface area (TPSA) is 84.9 Å². The van der Waals surface area contributed by atoms with E-state index in [9.17, 15) is 23.2 Å². The van der Waals surface area contributed by atoms with Crippen molar-refractivity contribution in [1.29, 1.82) is 0 Å². The Bertz CT molecular complexity index is 1120. The summed E-state index contributed by atoms with van der Waals surface area (Å²) < 4.78 is 37.8. The molecule has 1 heterocycles. The molecular weight excluding hydrogens is 454 g/mol. The number of hydrogen-bond donors (Lipinski definition) is 1. The van der Waals surface area contributed by atoms with Crippen LogP contribution in [0, 0.1) is 17.6 Å². The molecule has 0 saturated carbocycles. The predicted octanol–water partition coefficient (Wildman–Crippen LogP) is 4.68. The van der Waals surface area contributed by atoms with E-state index in [4.69, 9.17) is 9.47 Å². The molecule has 0 unspecified atom stereocenters. The van der Waals surface area contributed by atoms with Gasteiger partial charge in [0.15, 0.2) is 11.5 Å². The number of nitrogens with one attached hydrogen (secondary N) is 1. The summed E-state index contributed by atoms with van der Waals surface area (Å²) in [4.78, 5) is 38.1. The minimum absolute atomic E-state index is 0.124. The van der Waals surface area contributed by atoms with Crippen LogP contribution in [0.15, 0.2) is 41.3 Å². The lowest BCUT2D eigenvalue weighted by Crippen LogP contribution is -2.36. The Balaban J connectivity index is 1.70. The van der Waals surface area contributed by atoms with E-state index < -0.39 is 35.2 Å². The number of benzene rings is 2. The molecule has 0 spiro atoms. The molecule has 2 aromatic carbocycles. The Morgan fingerprint density at radius 1 is 1.15 bits per heavy atom. The summed E-state index contributed by atoms with van der Waals surface area (Å²) >= 11 is 0.685. The Labute approximate surface area is 193 Å². The Hall–Kier alpha value is -3.40. The number of carbonyl (C=O) groups excluding carboxylic acids is 3. The number of hydrogen-bond acceptors (Lipinski definition) is 6. The van der Waals surface area contributed by atoms with Gasteiger partial charge in [-0.15, -0.1) is 0 Å². The number of rotatable bonds is 8. The first kappa shape index (κ1) is 24.2. The van der Waals surface area contributed by atoms with Crippen LogP contribution < -0.4 is 14.8 Å². The van der Waals surface area contributed by atoms with E-state index in [0.717, 1.165) is 17.0 Å². The Morgan fingerprint density at radius 3 is 2.58 bits per heavy atom. The highest BCUT2D eigenvalue weighted by Gasteiger charge is 2.36. The van der Waals surface area contributed by atoms with Crippen LogP contribution in [-0.2, 0) is 9.59 Å². The van der Waals surface area contributed by atoms with Crippen molar-refractivity contribution >= 4 is 40.6 Å². The molecule has 0 aliphatic carbocycles. The van der Waals surface area contributed by atoms with Crippen LogP contribution >= 0.6 is 11.8 Å². The summed E-state index contributed by atoms with van der Waals surface area (Å²) in [5, 5.41) is 1.59. The summed E-state index contributed by atoms with van der Waals surface area (Å²) in [7, 11) is 1.50. The number of anilines is 1. The molecule has 10 heteroatoms. The van der Waals surface area contributed by atoms with Crippen molar-refractivity contribution in [3.05, 3.63) is 58.5 Å². The van der Waals surface area contributed by atoms with Crippen molar-refractivity contribution in [2.45, 2.75) is 13.8 Å². The van der Waals surface area contributed by atoms with Gasteiger partial charge in [-0.2, -0.15) is 0 Å². The third-order valence-corrected chi connectivity index (χ3v) is 5.35. The van der Waals surface area contributed by atoms with Crippen molar-refractivity contribution in [2.75, 3.05) is 25.6 Å². The van der Waals surface area contributed by atoms with Gasteiger partial charge in [-0.05, 0) is 53.6 Å². The van der Waals surface area contributed by atoms with Crippen LogP contribution in [-0.4, -0.2) is 42.2 Å². The summed E-state index contributed by atoms with van der Waals surface area (Å²) in [6.07, 6.45) is 1.51. The molecule has 1 aliphatic rings. The van der Waals surface area contributed by atoms with Crippen LogP contribution in [0.4, 0.5) is 19.3 Å². The van der Waals surface area contributed by atoms with Gasteiger partial charge in [0.05, 0.1) is 24.3 Å². The average Bonchev–Trinajstić information content (AvgIpc) is 3.01. The van der Waals surface area contributed by atoms with Crippen LogP contribution in [0.2, 0.25) is 0 Å². The first-order valence-corrected chi connectivity index (χ1v) is 10.8. The summed E-state index contributed by atoms with van der Waals surface area (Å²) in [5.74, 6) is -1.84. The fourth-order valence-corrected chi connectivity index (χ4v) is 3.70. The zero-order chi connectivity index (χ0) is 24.1. The SMILES string of the molecule is COc1cc(/C=C2\SC(=O)N(CC(=O)Nc3ccc(F)cc3F)C2=O)ccc1OCC(C)C. The molecule has 0 radical (unpaired) electrons. The fraction of sp³-hybridized carbons (Fsp3) is 0.261. The lowest BCUT2D eigenvalue weighted by molar-refractivity contribution is -0.127. The zero-order valence-corrected chi connectivity index (χ0v) is 19.0. The van der Waals surface area contributed by atoms with Gasteiger partial charge in [-0.3, -0.25) is 19.3 Å². The fourth-order valence-electron chi connectivity index (χ4n) is 2.86. The van der Waals surface area contributed by atoms with E-state index in [2.05, 4.69) is 5.32 Å². The van der Waals surface area contributed by atoms with Crippen molar-refractivity contribution in [3.63, 3.8) is 0 Å². The van der Waals surface area contributed by atoms with Crippen LogP contribution in [0.3, 0.4) is 0 Å². The Kier molecular flexibility index (Phi) is 7.70. The van der Waals surface area contributed by atoms with E-state index in [1.807, 2.05) is 13.8 Å². The number of amides is 3. The summed E-state index contributed by atoms with van der Waals surface area (Å²) in [6.45, 7) is 3.95. The van der Waals surface area contributed by atoms with Gasteiger partial charge in [-0.25, -0.2) is 8.78 Å². The first-order valence-electron chi connectivity index (χ1n) is 9.99. The third-order valence-electron chi connectivity index (χ3n) is 4.44. The van der Waals surface area contributed by atoms with E-state index in [1.54, 1.807) is 18.2 Å². The number of carbonyl (C=O) groups is 3. The van der Waals surface area contributed by atoms with Gasteiger partial charge in [0, 0.05) is 6.07 Å². The number of methoxy groups -OCH3 is 1. The van der Waals surface area contributed by atoms with Gasteiger partial charge < -0.3 is 14.8 Å². The van der Waals surface area contributed by atoms with E-state index >= 15 is 0 Å². The highest BCUT2D eigenvalue weighted by atomic mass is 32.2. The minimum Gasteiger partial charge on any atom is -0.493 e. The number of nitrogens with zero attached hydrogens (tertiary/aromatic N) is 1. The van der Waals surface area contributed by atoms with Gasteiger partial charge in [0.25, 0.3) is 11.1 Å². The van der Waals surface area contributed by atoms with Gasteiger partial charge in [0.1, 0.15) is 18.2 Å². The maximum atomic E-state index is 13.7. The molecule has 3 amide bonds. The quantitative estimate of drug-likeness (QED) is 0.557. The van der Waals surface area contributed by atoms with Crippen molar-refractivity contribution in [3.8, 4) is 11.5 Å². The van der Waals surface area contributed by atoms with E-state index in [1.165, 1.54) is 13.2 Å². The second kappa shape index (κ2) is 10.5. The zero-order valence-electron chi connectivity index (χ0n) is 18.2. The Morgan fingerprint density at radius 2 is 1.91 bits per heavy atom. The van der Waals surface area contributed by atoms with Crippen molar-refractivity contribution < 1.29 is 32.6 Å². The van der Waals surface area contributed by atoms with E-state index in [-0.39, 0.29) is 10.6 Å². The van der Waals surface area contributed by atoms with Crippen LogP contribution in [0.1, 0.15) is 19.4 Å². The molecule has 33 heavy (non-hydrogen) atoms. The summed E-state index contributed by atoms with van der Waals surface area (Å²) in [5.41, 5.74) is 0.350. The molecule has 0 aromatic heterocycles. The second-order valence-corrected chi connectivity index (χ2v) is 8.55. The van der Waals surface area contributed by atoms with E-state index in [0.29, 0.717) is 47.4 Å². The molecule has 0 bridgehead atoms. The van der Waals surface area contributed by atoms with Crippen molar-refractivity contribution in [2.24, 2.45) is 5.92 Å². The van der Waals surface area contributed by atoms with Crippen LogP contribution in [0.25, 0.3) is 6.08 Å². The maximum absolute atomic E-state index is 13.7. The van der Waals surface area contributed by atoms with Crippen molar-refractivity contribution in [1.82, 2.24) is 4.90 Å². The molecule has 174 valence electrons. The number of ether oxygens (including phenoxy) is 2. The lowest BCUT2D eigenvalue weighted by Gasteiger charge is -2.13. The molecule has 1 N–H and O–H groups in total. The molecule has 0 atom stereocenters. The van der Waals surface area contributed by atoms with Gasteiger partial charge in [0.2, 0.25) is 5.91 Å². The minimum atomic E-state index is -0.966. The molecule has 1 aliphatic heterocycles. The first-order chi connectivity index (χ1) is 15.7.